The van der Waals surface area contributed by atoms with Gasteiger partial charge in [0.05, 0.1) is 16.4 Å². The van der Waals surface area contributed by atoms with E-state index >= 15 is 0 Å². The number of para-hydroxylation sites is 2. The third-order valence-electron chi connectivity index (χ3n) is 5.84. The van der Waals surface area contributed by atoms with Gasteiger partial charge in [-0.05, 0) is 23.8 Å². The lowest BCUT2D eigenvalue weighted by molar-refractivity contribution is 0.489. The van der Waals surface area contributed by atoms with E-state index in [2.05, 4.69) is 70.1 Å². The first-order valence-electron chi connectivity index (χ1n) is 11.1. The van der Waals surface area contributed by atoms with Crippen molar-refractivity contribution in [1.82, 2.24) is 4.98 Å². The molecular formula is C29H21N3OS. The Labute approximate surface area is 201 Å². The summed E-state index contributed by atoms with van der Waals surface area (Å²) in [4.78, 5) is 4.63. The van der Waals surface area contributed by atoms with Gasteiger partial charge in [0, 0.05) is 22.6 Å². The van der Waals surface area contributed by atoms with Gasteiger partial charge in [-0.1, -0.05) is 102 Å². The van der Waals surface area contributed by atoms with Crippen LogP contribution < -0.4 is 10.2 Å². The highest BCUT2D eigenvalue weighted by molar-refractivity contribution is 7.22. The van der Waals surface area contributed by atoms with Crippen molar-refractivity contribution in [2.45, 2.75) is 5.92 Å². The summed E-state index contributed by atoms with van der Waals surface area (Å²) in [7, 11) is 0. The van der Waals surface area contributed by atoms with Crippen molar-refractivity contribution >= 4 is 38.7 Å². The van der Waals surface area contributed by atoms with E-state index in [4.69, 9.17) is 4.74 Å². The molecule has 1 N–H and O–H groups in total. The summed E-state index contributed by atoms with van der Waals surface area (Å²) >= 11 is 1.58. The quantitative estimate of drug-likeness (QED) is 0.221. The Kier molecular flexibility index (Phi) is 5.38. The molecule has 1 unspecified atom stereocenters. The van der Waals surface area contributed by atoms with Crippen LogP contribution in [-0.2, 0) is 0 Å². The van der Waals surface area contributed by atoms with E-state index < -0.39 is 0 Å². The van der Waals surface area contributed by atoms with E-state index in [0.717, 1.165) is 43.6 Å². The van der Waals surface area contributed by atoms with Gasteiger partial charge in [-0.25, -0.2) is 4.98 Å². The predicted octanol–water partition coefficient (Wildman–Crippen LogP) is 7.33. The fourth-order valence-corrected chi connectivity index (χ4v) is 5.12. The molecule has 5 aromatic rings. The molecule has 1 aliphatic heterocycles. The first-order chi connectivity index (χ1) is 16.9. The van der Waals surface area contributed by atoms with Crippen molar-refractivity contribution in [3.8, 4) is 5.75 Å². The predicted molar refractivity (Wildman–Crippen MR) is 140 cm³/mol. The Hall–Kier alpha value is -4.22. The number of hydrogen-bond donors (Lipinski definition) is 1. The normalized spacial score (nSPS) is 15.4. The number of aromatic nitrogens is 1. The molecule has 1 aromatic heterocycles. The number of hydrogen-bond acceptors (Lipinski definition) is 5. The lowest BCUT2D eigenvalue weighted by Crippen LogP contribution is -2.17. The number of benzene rings is 4. The van der Waals surface area contributed by atoms with Gasteiger partial charge < -0.3 is 4.74 Å². The zero-order chi connectivity index (χ0) is 22.7. The van der Waals surface area contributed by atoms with Gasteiger partial charge in [0.25, 0.3) is 0 Å². The largest absolute Gasteiger partial charge is 0.456 e. The third kappa shape index (κ3) is 3.87. The Bertz CT molecular complexity index is 1470. The zero-order valence-electron chi connectivity index (χ0n) is 18.3. The first-order valence-corrected chi connectivity index (χ1v) is 11.9. The lowest BCUT2D eigenvalue weighted by Gasteiger charge is -2.29. The van der Waals surface area contributed by atoms with Crippen molar-refractivity contribution in [2.75, 3.05) is 5.43 Å². The summed E-state index contributed by atoms with van der Waals surface area (Å²) in [6.07, 6.45) is 1.88. The van der Waals surface area contributed by atoms with Gasteiger partial charge in [-0.3, -0.25) is 5.43 Å². The van der Waals surface area contributed by atoms with E-state index in [-0.39, 0.29) is 5.92 Å². The van der Waals surface area contributed by atoms with Gasteiger partial charge >= 0.3 is 0 Å². The minimum atomic E-state index is -0.0118. The highest BCUT2D eigenvalue weighted by Gasteiger charge is 2.30. The number of nitrogens with zero attached hydrogens (tertiary/aromatic N) is 2. The number of thiazole rings is 1. The molecule has 0 aliphatic carbocycles. The Morgan fingerprint density at radius 3 is 2.32 bits per heavy atom. The highest BCUT2D eigenvalue weighted by Crippen LogP contribution is 2.45. The summed E-state index contributed by atoms with van der Waals surface area (Å²) in [5.74, 6) is 1.66. The monoisotopic (exact) mass is 459 g/mol. The SMILES string of the molecule is C(=NNc1nc2ccccc2s1)C1=C(c2ccccc2)Oc2ccccc2C1c1ccccc1. The molecule has 1 aliphatic rings. The Morgan fingerprint density at radius 2 is 1.50 bits per heavy atom. The molecule has 1 atom stereocenters. The summed E-state index contributed by atoms with van der Waals surface area (Å²) in [6.45, 7) is 0. The van der Waals surface area contributed by atoms with Crippen LogP contribution in [0.5, 0.6) is 5.75 Å². The van der Waals surface area contributed by atoms with Gasteiger partial charge in [0.2, 0.25) is 5.13 Å². The molecule has 0 saturated heterocycles. The highest BCUT2D eigenvalue weighted by atomic mass is 32.1. The second kappa shape index (κ2) is 8.96. The maximum Gasteiger partial charge on any atom is 0.204 e. The molecule has 0 amide bonds. The fraction of sp³-hybridized carbons (Fsp3) is 0.0345. The average Bonchev–Trinajstić information content (AvgIpc) is 3.32. The molecule has 2 heterocycles. The average molecular weight is 460 g/mol. The van der Waals surface area contributed by atoms with E-state index in [0.29, 0.717) is 0 Å². The van der Waals surface area contributed by atoms with Gasteiger partial charge in [-0.2, -0.15) is 5.10 Å². The standard InChI is InChI=1S/C29H21N3OS/c1-3-11-20(12-4-1)27-22-15-7-9-17-25(22)33-28(21-13-5-2-6-14-21)23(27)19-30-32-29-31-24-16-8-10-18-26(24)34-29/h1-19,27H,(H,31,32). The number of anilines is 1. The van der Waals surface area contributed by atoms with Crippen molar-refractivity contribution in [3.05, 3.63) is 131 Å². The van der Waals surface area contributed by atoms with Crippen LogP contribution in [0, 0.1) is 0 Å². The maximum absolute atomic E-state index is 6.48. The Morgan fingerprint density at radius 1 is 0.794 bits per heavy atom. The molecule has 0 fully saturated rings. The summed E-state index contributed by atoms with van der Waals surface area (Å²) in [5.41, 5.74) is 8.41. The first kappa shape index (κ1) is 20.4. The number of rotatable bonds is 5. The van der Waals surface area contributed by atoms with E-state index in [9.17, 15) is 0 Å². The van der Waals surface area contributed by atoms with Crippen LogP contribution in [0.15, 0.2) is 120 Å². The van der Waals surface area contributed by atoms with Gasteiger partial charge in [-0.15, -0.1) is 0 Å². The third-order valence-corrected chi connectivity index (χ3v) is 6.78. The topological polar surface area (TPSA) is 46.5 Å². The van der Waals surface area contributed by atoms with Crippen molar-refractivity contribution in [3.63, 3.8) is 0 Å². The van der Waals surface area contributed by atoms with E-state index in [1.54, 1.807) is 11.3 Å². The van der Waals surface area contributed by atoms with Crippen LogP contribution >= 0.6 is 11.3 Å². The molecule has 0 spiro atoms. The minimum Gasteiger partial charge on any atom is -0.456 e. The molecule has 0 radical (unpaired) electrons. The molecule has 34 heavy (non-hydrogen) atoms. The van der Waals surface area contributed by atoms with Crippen LogP contribution in [0.25, 0.3) is 16.0 Å². The number of hydrazone groups is 1. The number of ether oxygens (including phenoxy) is 1. The second-order valence-electron chi connectivity index (χ2n) is 7.99. The smallest absolute Gasteiger partial charge is 0.204 e. The van der Waals surface area contributed by atoms with E-state index in [1.165, 1.54) is 5.56 Å². The molecular weight excluding hydrogens is 438 g/mol. The number of allylic oxidation sites excluding steroid dienone is 1. The van der Waals surface area contributed by atoms with E-state index in [1.807, 2.05) is 60.8 Å². The molecule has 0 bridgehead atoms. The summed E-state index contributed by atoms with van der Waals surface area (Å²) in [5, 5.41) is 5.38. The van der Waals surface area contributed by atoms with Crippen LogP contribution in [-0.4, -0.2) is 11.2 Å². The second-order valence-corrected chi connectivity index (χ2v) is 9.02. The van der Waals surface area contributed by atoms with Crippen molar-refractivity contribution in [1.29, 1.82) is 0 Å². The molecule has 4 aromatic carbocycles. The number of nitrogens with one attached hydrogen (secondary N) is 1. The van der Waals surface area contributed by atoms with Crippen LogP contribution in [0.2, 0.25) is 0 Å². The zero-order valence-corrected chi connectivity index (χ0v) is 19.1. The molecule has 4 nitrogen and oxygen atoms in total. The fourth-order valence-electron chi connectivity index (χ4n) is 4.31. The van der Waals surface area contributed by atoms with Gasteiger partial charge in [0.1, 0.15) is 11.5 Å². The summed E-state index contributed by atoms with van der Waals surface area (Å²) < 4.78 is 7.61. The molecule has 5 heteroatoms. The van der Waals surface area contributed by atoms with Crippen LogP contribution in [0.1, 0.15) is 22.6 Å². The maximum atomic E-state index is 6.48. The molecule has 0 saturated carbocycles. The van der Waals surface area contributed by atoms with Crippen molar-refractivity contribution in [2.24, 2.45) is 5.10 Å². The summed E-state index contributed by atoms with van der Waals surface area (Å²) in [6, 6.07) is 37.0. The van der Waals surface area contributed by atoms with Crippen LogP contribution in [0.4, 0.5) is 5.13 Å². The van der Waals surface area contributed by atoms with Crippen molar-refractivity contribution < 1.29 is 4.74 Å². The molecule has 164 valence electrons. The number of fused-ring (bicyclic) bond motifs is 2. The van der Waals surface area contributed by atoms with Gasteiger partial charge in [0.15, 0.2) is 0 Å². The van der Waals surface area contributed by atoms with Crippen LogP contribution in [0.3, 0.4) is 0 Å². The molecule has 6 rings (SSSR count). The minimum absolute atomic E-state index is 0.0118. The lowest BCUT2D eigenvalue weighted by atomic mass is 9.82. The Balaban J connectivity index is 1.46.